The predicted octanol–water partition coefficient (Wildman–Crippen LogP) is 2.56. The number of nitrogens with zero attached hydrogens (tertiary/aromatic N) is 2. The quantitative estimate of drug-likeness (QED) is 0.821. The van der Waals surface area contributed by atoms with Crippen LogP contribution in [0.25, 0.3) is 0 Å². The molecule has 0 aliphatic rings. The summed E-state index contributed by atoms with van der Waals surface area (Å²) in [6, 6.07) is 5.50. The molecular formula is C14H19N3O2. The molecule has 2 N–H and O–H groups in total. The Morgan fingerprint density at radius 3 is 2.58 bits per heavy atom. The fourth-order valence-corrected chi connectivity index (χ4v) is 1.91. The minimum atomic E-state index is -0.823. The molecule has 0 fully saturated rings. The van der Waals surface area contributed by atoms with E-state index >= 15 is 0 Å². The van der Waals surface area contributed by atoms with Crippen molar-refractivity contribution < 1.29 is 9.90 Å². The van der Waals surface area contributed by atoms with Crippen LogP contribution in [0.4, 0.5) is 5.82 Å². The first kappa shape index (κ1) is 15.0. The van der Waals surface area contributed by atoms with Crippen LogP contribution in [0.3, 0.4) is 0 Å². The molecule has 19 heavy (non-hydrogen) atoms. The Balaban J connectivity index is 2.95. The largest absolute Gasteiger partial charge is 0.481 e. The topological polar surface area (TPSA) is 86.0 Å². The second-order valence-corrected chi connectivity index (χ2v) is 4.61. The van der Waals surface area contributed by atoms with Crippen molar-refractivity contribution in [2.45, 2.75) is 33.6 Å². The summed E-state index contributed by atoms with van der Waals surface area (Å²) in [6.07, 6.45) is 1.05. The molecule has 0 aliphatic carbocycles. The van der Waals surface area contributed by atoms with Crippen molar-refractivity contribution in [2.75, 3.05) is 11.9 Å². The fourth-order valence-electron chi connectivity index (χ4n) is 1.91. The molecule has 0 unspecified atom stereocenters. The van der Waals surface area contributed by atoms with E-state index < -0.39 is 11.4 Å². The van der Waals surface area contributed by atoms with Crippen molar-refractivity contribution in [3.8, 4) is 6.07 Å². The van der Waals surface area contributed by atoms with Gasteiger partial charge >= 0.3 is 5.97 Å². The van der Waals surface area contributed by atoms with Crippen LogP contribution in [0.15, 0.2) is 12.1 Å². The maximum atomic E-state index is 11.4. The molecule has 102 valence electrons. The van der Waals surface area contributed by atoms with E-state index in [-0.39, 0.29) is 6.54 Å². The van der Waals surface area contributed by atoms with Crippen LogP contribution in [0, 0.1) is 23.7 Å². The van der Waals surface area contributed by atoms with Crippen molar-refractivity contribution in [1.82, 2.24) is 4.98 Å². The van der Waals surface area contributed by atoms with E-state index in [1.165, 1.54) is 0 Å². The van der Waals surface area contributed by atoms with Crippen molar-refractivity contribution in [3.05, 3.63) is 23.4 Å². The second-order valence-electron chi connectivity index (χ2n) is 4.61. The minimum Gasteiger partial charge on any atom is -0.481 e. The Bertz CT molecular complexity index is 502. The number of hydrogen-bond donors (Lipinski definition) is 2. The van der Waals surface area contributed by atoms with Gasteiger partial charge in [-0.15, -0.1) is 0 Å². The Morgan fingerprint density at radius 1 is 1.47 bits per heavy atom. The molecule has 0 aromatic carbocycles. The lowest BCUT2D eigenvalue weighted by molar-refractivity contribution is -0.148. The van der Waals surface area contributed by atoms with Crippen LogP contribution in [0.1, 0.15) is 37.9 Å². The zero-order valence-electron chi connectivity index (χ0n) is 11.5. The van der Waals surface area contributed by atoms with Crippen molar-refractivity contribution in [2.24, 2.45) is 5.41 Å². The van der Waals surface area contributed by atoms with Crippen molar-refractivity contribution in [1.29, 1.82) is 5.26 Å². The smallest absolute Gasteiger partial charge is 0.311 e. The summed E-state index contributed by atoms with van der Waals surface area (Å²) in [5.74, 6) is -0.369. The van der Waals surface area contributed by atoms with Gasteiger partial charge in [0.05, 0.1) is 11.0 Å². The van der Waals surface area contributed by atoms with Gasteiger partial charge in [0.15, 0.2) is 0 Å². The van der Waals surface area contributed by atoms with Crippen LogP contribution in [0.5, 0.6) is 0 Å². The molecule has 5 nitrogen and oxygen atoms in total. The summed E-state index contributed by atoms with van der Waals surface area (Å²) in [7, 11) is 0. The van der Waals surface area contributed by atoms with E-state index in [4.69, 9.17) is 5.26 Å². The van der Waals surface area contributed by atoms with Gasteiger partial charge in [-0.05, 0) is 31.9 Å². The number of nitriles is 1. The SMILES string of the molecule is CCC(CC)(CNc1nc(C)ccc1C#N)C(=O)O. The third-order valence-corrected chi connectivity index (χ3v) is 3.56. The average molecular weight is 261 g/mol. The minimum absolute atomic E-state index is 0.264. The summed E-state index contributed by atoms with van der Waals surface area (Å²) in [5, 5.41) is 21.4. The van der Waals surface area contributed by atoms with E-state index in [1.54, 1.807) is 12.1 Å². The summed E-state index contributed by atoms with van der Waals surface area (Å²) in [4.78, 5) is 15.6. The highest BCUT2D eigenvalue weighted by Gasteiger charge is 2.34. The summed E-state index contributed by atoms with van der Waals surface area (Å²) in [5.41, 5.74) is 0.394. The van der Waals surface area contributed by atoms with Gasteiger partial charge in [-0.3, -0.25) is 4.79 Å². The van der Waals surface area contributed by atoms with Crippen molar-refractivity contribution >= 4 is 11.8 Å². The number of pyridine rings is 1. The fraction of sp³-hybridized carbons (Fsp3) is 0.500. The number of aliphatic carboxylic acids is 1. The number of rotatable bonds is 6. The first-order valence-corrected chi connectivity index (χ1v) is 6.34. The molecule has 0 spiro atoms. The molecule has 1 aromatic heterocycles. The molecule has 1 heterocycles. The standard InChI is InChI=1S/C14H19N3O2/c1-4-14(5-2,13(18)19)9-16-12-11(8-15)7-6-10(3)17-12/h6-7H,4-5,9H2,1-3H3,(H,16,17)(H,18,19). The molecule has 0 aliphatic heterocycles. The first-order chi connectivity index (χ1) is 8.99. The predicted molar refractivity (Wildman–Crippen MR) is 72.8 cm³/mol. The first-order valence-electron chi connectivity index (χ1n) is 6.34. The van der Waals surface area contributed by atoms with Crippen LogP contribution >= 0.6 is 0 Å². The Kier molecular flexibility index (Phi) is 4.87. The highest BCUT2D eigenvalue weighted by Crippen LogP contribution is 2.27. The lowest BCUT2D eigenvalue weighted by atomic mass is 9.82. The van der Waals surface area contributed by atoms with Gasteiger partial charge in [-0.2, -0.15) is 5.26 Å². The number of carboxylic acids is 1. The molecule has 5 heteroatoms. The van der Waals surface area contributed by atoms with E-state index in [0.717, 1.165) is 5.69 Å². The molecule has 0 atom stereocenters. The van der Waals surface area contributed by atoms with Gasteiger partial charge in [0.25, 0.3) is 0 Å². The molecule has 1 rings (SSSR count). The molecule has 0 radical (unpaired) electrons. The average Bonchev–Trinajstić information content (AvgIpc) is 2.40. The second kappa shape index (κ2) is 6.19. The van der Waals surface area contributed by atoms with Crippen LogP contribution in [0.2, 0.25) is 0 Å². The Morgan fingerprint density at radius 2 is 2.11 bits per heavy atom. The van der Waals surface area contributed by atoms with E-state index in [9.17, 15) is 9.90 Å². The molecule has 0 saturated carbocycles. The van der Waals surface area contributed by atoms with Gasteiger partial charge in [0.1, 0.15) is 11.9 Å². The molecular weight excluding hydrogens is 242 g/mol. The summed E-state index contributed by atoms with van der Waals surface area (Å²) >= 11 is 0. The lowest BCUT2D eigenvalue weighted by Gasteiger charge is -2.27. The highest BCUT2D eigenvalue weighted by atomic mass is 16.4. The molecule has 1 aromatic rings. The number of anilines is 1. The monoisotopic (exact) mass is 261 g/mol. The zero-order chi connectivity index (χ0) is 14.5. The molecule has 0 amide bonds. The number of aryl methyl sites for hydroxylation is 1. The normalized spacial score (nSPS) is 10.8. The summed E-state index contributed by atoms with van der Waals surface area (Å²) < 4.78 is 0. The molecule has 0 bridgehead atoms. The van der Waals surface area contributed by atoms with Crippen LogP contribution in [-0.2, 0) is 4.79 Å². The van der Waals surface area contributed by atoms with Gasteiger partial charge < -0.3 is 10.4 Å². The van der Waals surface area contributed by atoms with E-state index in [2.05, 4.69) is 16.4 Å². The number of aromatic nitrogens is 1. The van der Waals surface area contributed by atoms with Crippen LogP contribution < -0.4 is 5.32 Å². The lowest BCUT2D eigenvalue weighted by Crippen LogP contribution is -2.37. The van der Waals surface area contributed by atoms with E-state index in [1.807, 2.05) is 20.8 Å². The van der Waals surface area contributed by atoms with Gasteiger partial charge in [0.2, 0.25) is 0 Å². The third kappa shape index (κ3) is 3.22. The van der Waals surface area contributed by atoms with Gasteiger partial charge in [-0.1, -0.05) is 13.8 Å². The highest BCUT2D eigenvalue weighted by molar-refractivity contribution is 5.75. The Hall–Kier alpha value is -2.09. The number of carboxylic acid groups (broad SMARTS) is 1. The summed E-state index contributed by atoms with van der Waals surface area (Å²) in [6.45, 7) is 5.80. The number of nitrogens with one attached hydrogen (secondary N) is 1. The maximum absolute atomic E-state index is 11.4. The van der Waals surface area contributed by atoms with E-state index in [0.29, 0.717) is 24.2 Å². The maximum Gasteiger partial charge on any atom is 0.311 e. The van der Waals surface area contributed by atoms with Crippen molar-refractivity contribution in [3.63, 3.8) is 0 Å². The molecule has 0 saturated heterocycles. The third-order valence-electron chi connectivity index (χ3n) is 3.56. The van der Waals surface area contributed by atoms with Crippen LogP contribution in [-0.4, -0.2) is 22.6 Å². The number of carbonyl (C=O) groups is 1. The number of hydrogen-bond acceptors (Lipinski definition) is 4. The van der Waals surface area contributed by atoms with Gasteiger partial charge in [0, 0.05) is 12.2 Å². The Labute approximate surface area is 113 Å². The van der Waals surface area contributed by atoms with Gasteiger partial charge in [-0.25, -0.2) is 4.98 Å². The zero-order valence-corrected chi connectivity index (χ0v) is 11.5.